The molecule has 1 amide bonds. The quantitative estimate of drug-likeness (QED) is 0.649. The molecule has 134 valence electrons. The van der Waals surface area contributed by atoms with Gasteiger partial charge in [-0.25, -0.2) is 4.39 Å². The fraction of sp³-hybridized carbons (Fsp3) is 0.316. The first-order valence-corrected chi connectivity index (χ1v) is 8.14. The minimum atomic E-state index is -0.343. The summed E-state index contributed by atoms with van der Waals surface area (Å²) in [5.74, 6) is -0.0251. The predicted molar refractivity (Wildman–Crippen MR) is 94.3 cm³/mol. The van der Waals surface area contributed by atoms with Gasteiger partial charge in [0.2, 0.25) is 0 Å². The lowest BCUT2D eigenvalue weighted by Crippen LogP contribution is -2.33. The van der Waals surface area contributed by atoms with Gasteiger partial charge in [0, 0.05) is 38.4 Å². The fourth-order valence-corrected chi connectivity index (χ4v) is 2.19. The van der Waals surface area contributed by atoms with Gasteiger partial charge in [0.1, 0.15) is 18.2 Å². The number of rotatable bonds is 10. The highest BCUT2D eigenvalue weighted by molar-refractivity contribution is 5.94. The molecular formula is C19H23FN2O3. The summed E-state index contributed by atoms with van der Waals surface area (Å²) < 4.78 is 23.6. The summed E-state index contributed by atoms with van der Waals surface area (Å²) in [7, 11) is 1.65. The predicted octanol–water partition coefficient (Wildman–Crippen LogP) is 2.37. The lowest BCUT2D eigenvalue weighted by molar-refractivity contribution is 0.0953. The number of benzene rings is 2. The Morgan fingerprint density at radius 2 is 1.92 bits per heavy atom. The first kappa shape index (κ1) is 18.9. The third-order valence-corrected chi connectivity index (χ3v) is 3.46. The first-order valence-electron chi connectivity index (χ1n) is 8.14. The Labute approximate surface area is 147 Å². The van der Waals surface area contributed by atoms with Crippen molar-refractivity contribution in [2.75, 3.05) is 33.4 Å². The molecule has 0 aliphatic heterocycles. The highest BCUT2D eigenvalue weighted by Gasteiger charge is 2.06. The van der Waals surface area contributed by atoms with Crippen LogP contribution < -0.4 is 15.4 Å². The number of carbonyl (C=O) groups excluding carboxylic acids is 1. The van der Waals surface area contributed by atoms with E-state index in [2.05, 4.69) is 10.6 Å². The zero-order valence-corrected chi connectivity index (χ0v) is 14.3. The lowest BCUT2D eigenvalue weighted by atomic mass is 10.1. The van der Waals surface area contributed by atoms with Crippen molar-refractivity contribution < 1.29 is 18.7 Å². The molecule has 0 saturated carbocycles. The third-order valence-electron chi connectivity index (χ3n) is 3.46. The molecule has 6 heteroatoms. The maximum atomic E-state index is 13.1. The molecule has 0 aromatic heterocycles. The average Bonchev–Trinajstić information content (AvgIpc) is 2.63. The van der Waals surface area contributed by atoms with E-state index < -0.39 is 0 Å². The number of amides is 1. The van der Waals surface area contributed by atoms with Crippen molar-refractivity contribution in [2.45, 2.75) is 6.61 Å². The standard InChI is InChI=1S/C19H23FN2O3/c1-24-11-10-21-8-9-22-19(23)16-5-2-4-15(12-16)14-25-18-7-3-6-17(20)13-18/h2-7,12-13,21H,8-11,14H2,1H3,(H,22,23). The van der Waals surface area contributed by atoms with E-state index in [4.69, 9.17) is 9.47 Å². The highest BCUT2D eigenvalue weighted by Crippen LogP contribution is 2.14. The molecule has 0 unspecified atom stereocenters. The van der Waals surface area contributed by atoms with E-state index >= 15 is 0 Å². The van der Waals surface area contributed by atoms with E-state index in [9.17, 15) is 9.18 Å². The molecule has 2 aromatic rings. The molecule has 2 N–H and O–H groups in total. The fourth-order valence-electron chi connectivity index (χ4n) is 2.19. The van der Waals surface area contributed by atoms with Crippen molar-refractivity contribution in [3.05, 3.63) is 65.5 Å². The van der Waals surface area contributed by atoms with Crippen LogP contribution in [0.25, 0.3) is 0 Å². The van der Waals surface area contributed by atoms with Gasteiger partial charge >= 0.3 is 0 Å². The molecule has 5 nitrogen and oxygen atoms in total. The van der Waals surface area contributed by atoms with Gasteiger partial charge in [-0.3, -0.25) is 4.79 Å². The second-order valence-corrected chi connectivity index (χ2v) is 5.45. The van der Waals surface area contributed by atoms with E-state index in [1.165, 1.54) is 12.1 Å². The van der Waals surface area contributed by atoms with E-state index in [-0.39, 0.29) is 18.3 Å². The van der Waals surface area contributed by atoms with Crippen LogP contribution in [-0.4, -0.2) is 39.3 Å². The molecule has 0 bridgehead atoms. The molecule has 0 aliphatic rings. The van der Waals surface area contributed by atoms with Crippen LogP contribution in [0, 0.1) is 5.82 Å². The van der Waals surface area contributed by atoms with E-state index in [1.54, 1.807) is 37.4 Å². The normalized spacial score (nSPS) is 10.5. The molecule has 2 rings (SSSR count). The minimum absolute atomic E-state index is 0.138. The topological polar surface area (TPSA) is 59.6 Å². The zero-order valence-electron chi connectivity index (χ0n) is 14.3. The van der Waals surface area contributed by atoms with E-state index in [0.717, 1.165) is 12.1 Å². The van der Waals surface area contributed by atoms with Crippen LogP contribution in [0.5, 0.6) is 5.75 Å². The van der Waals surface area contributed by atoms with Crippen LogP contribution in [0.15, 0.2) is 48.5 Å². The number of methoxy groups -OCH3 is 1. The van der Waals surface area contributed by atoms with Crippen molar-refractivity contribution in [3.8, 4) is 5.75 Å². The van der Waals surface area contributed by atoms with Crippen LogP contribution in [0.3, 0.4) is 0 Å². The van der Waals surface area contributed by atoms with Gasteiger partial charge in [-0.2, -0.15) is 0 Å². The van der Waals surface area contributed by atoms with Crippen molar-refractivity contribution in [2.24, 2.45) is 0 Å². The number of nitrogens with one attached hydrogen (secondary N) is 2. The molecule has 25 heavy (non-hydrogen) atoms. The summed E-state index contributed by atoms with van der Waals surface area (Å²) in [5, 5.41) is 6.01. The largest absolute Gasteiger partial charge is 0.489 e. The molecule has 0 atom stereocenters. The van der Waals surface area contributed by atoms with Crippen LogP contribution in [0.4, 0.5) is 4.39 Å². The van der Waals surface area contributed by atoms with Crippen LogP contribution in [-0.2, 0) is 11.3 Å². The molecule has 0 aliphatic carbocycles. The molecule has 0 spiro atoms. The molecule has 2 aromatic carbocycles. The summed E-state index contributed by atoms with van der Waals surface area (Å²) in [6.07, 6.45) is 0. The van der Waals surface area contributed by atoms with Crippen molar-refractivity contribution in [3.63, 3.8) is 0 Å². The summed E-state index contributed by atoms with van der Waals surface area (Å²) in [4.78, 5) is 12.2. The summed E-state index contributed by atoms with van der Waals surface area (Å²) in [6.45, 7) is 2.87. The second kappa shape index (κ2) is 10.4. The van der Waals surface area contributed by atoms with E-state index in [0.29, 0.717) is 31.0 Å². The Morgan fingerprint density at radius 1 is 1.08 bits per heavy atom. The number of hydrogen-bond donors (Lipinski definition) is 2. The Balaban J connectivity index is 1.80. The summed E-state index contributed by atoms with van der Waals surface area (Å²) in [6, 6.07) is 13.2. The van der Waals surface area contributed by atoms with Gasteiger partial charge < -0.3 is 20.1 Å². The number of halogens is 1. The lowest BCUT2D eigenvalue weighted by Gasteiger charge is -2.09. The Hall–Kier alpha value is -2.44. The van der Waals surface area contributed by atoms with E-state index in [1.807, 2.05) is 6.07 Å². The van der Waals surface area contributed by atoms with Gasteiger partial charge in [0.25, 0.3) is 5.91 Å². The second-order valence-electron chi connectivity index (χ2n) is 5.45. The maximum Gasteiger partial charge on any atom is 0.251 e. The van der Waals surface area contributed by atoms with Crippen LogP contribution in [0.2, 0.25) is 0 Å². The minimum Gasteiger partial charge on any atom is -0.489 e. The van der Waals surface area contributed by atoms with Crippen LogP contribution in [0.1, 0.15) is 15.9 Å². The number of ether oxygens (including phenoxy) is 2. The number of carbonyl (C=O) groups is 1. The Bertz CT molecular complexity index is 679. The monoisotopic (exact) mass is 346 g/mol. The highest BCUT2D eigenvalue weighted by atomic mass is 19.1. The zero-order chi connectivity index (χ0) is 17.9. The molecule has 0 radical (unpaired) electrons. The molecule has 0 saturated heterocycles. The smallest absolute Gasteiger partial charge is 0.251 e. The van der Waals surface area contributed by atoms with Gasteiger partial charge in [-0.05, 0) is 29.8 Å². The first-order chi connectivity index (χ1) is 12.2. The van der Waals surface area contributed by atoms with Crippen LogP contribution >= 0.6 is 0 Å². The van der Waals surface area contributed by atoms with Crippen molar-refractivity contribution in [1.82, 2.24) is 10.6 Å². The van der Waals surface area contributed by atoms with Gasteiger partial charge in [-0.1, -0.05) is 18.2 Å². The van der Waals surface area contributed by atoms with Crippen molar-refractivity contribution in [1.29, 1.82) is 0 Å². The third kappa shape index (κ3) is 6.91. The summed E-state index contributed by atoms with van der Waals surface area (Å²) in [5.41, 5.74) is 1.41. The summed E-state index contributed by atoms with van der Waals surface area (Å²) >= 11 is 0. The molecular weight excluding hydrogens is 323 g/mol. The van der Waals surface area contributed by atoms with Gasteiger partial charge in [0.15, 0.2) is 0 Å². The molecule has 0 heterocycles. The van der Waals surface area contributed by atoms with Crippen molar-refractivity contribution >= 4 is 5.91 Å². The van der Waals surface area contributed by atoms with Gasteiger partial charge in [-0.15, -0.1) is 0 Å². The number of hydrogen-bond acceptors (Lipinski definition) is 4. The Kier molecular flexibility index (Phi) is 7.88. The average molecular weight is 346 g/mol. The Morgan fingerprint density at radius 3 is 2.72 bits per heavy atom. The maximum absolute atomic E-state index is 13.1. The SMILES string of the molecule is COCCNCCNC(=O)c1cccc(COc2cccc(F)c2)c1. The van der Waals surface area contributed by atoms with Gasteiger partial charge in [0.05, 0.1) is 6.61 Å². The molecule has 0 fully saturated rings.